The van der Waals surface area contributed by atoms with Crippen molar-refractivity contribution < 1.29 is 9.53 Å². The van der Waals surface area contributed by atoms with Crippen LogP contribution in [-0.4, -0.2) is 37.6 Å². The van der Waals surface area contributed by atoms with E-state index in [-0.39, 0.29) is 11.8 Å². The predicted molar refractivity (Wildman–Crippen MR) is 88.2 cm³/mol. The van der Waals surface area contributed by atoms with Crippen LogP contribution in [0, 0.1) is 11.8 Å². The van der Waals surface area contributed by atoms with E-state index in [1.807, 2.05) is 16.3 Å². The van der Waals surface area contributed by atoms with Gasteiger partial charge in [-0.3, -0.25) is 4.79 Å². The Bertz CT molecular complexity index is 393. The summed E-state index contributed by atoms with van der Waals surface area (Å²) < 4.78 is 5.12. The molecule has 1 aromatic heterocycles. The number of carbonyl (C=O) groups is 1. The number of methoxy groups -OCH3 is 1. The number of nitrogens with two attached hydrogens (primary N) is 1. The third-order valence-electron chi connectivity index (χ3n) is 3.45. The highest BCUT2D eigenvalue weighted by molar-refractivity contribution is 7.09. The summed E-state index contributed by atoms with van der Waals surface area (Å²) in [7, 11) is 1.66. The Morgan fingerprint density at radius 2 is 2.24 bits per heavy atom. The second-order valence-electron chi connectivity index (χ2n) is 5.82. The van der Waals surface area contributed by atoms with Gasteiger partial charge in [0.25, 0.3) is 0 Å². The van der Waals surface area contributed by atoms with Crippen molar-refractivity contribution >= 4 is 17.2 Å². The van der Waals surface area contributed by atoms with Gasteiger partial charge in [0.2, 0.25) is 5.91 Å². The van der Waals surface area contributed by atoms with Gasteiger partial charge in [-0.2, -0.15) is 0 Å². The van der Waals surface area contributed by atoms with Crippen LogP contribution in [0.25, 0.3) is 0 Å². The minimum atomic E-state index is 0.177. The Balaban J connectivity index is 2.60. The Kier molecular flexibility index (Phi) is 8.57. The normalized spacial score (nSPS) is 12.6. The van der Waals surface area contributed by atoms with E-state index in [0.29, 0.717) is 38.6 Å². The van der Waals surface area contributed by atoms with E-state index in [0.717, 1.165) is 6.42 Å². The molecule has 1 aromatic rings. The predicted octanol–water partition coefficient (Wildman–Crippen LogP) is 2.73. The summed E-state index contributed by atoms with van der Waals surface area (Å²) in [6.45, 7) is 6.77. The maximum absolute atomic E-state index is 12.5. The lowest BCUT2D eigenvalue weighted by Crippen LogP contribution is -2.35. The van der Waals surface area contributed by atoms with E-state index >= 15 is 0 Å². The molecule has 21 heavy (non-hydrogen) atoms. The molecule has 0 aliphatic rings. The maximum Gasteiger partial charge on any atom is 0.223 e. The van der Waals surface area contributed by atoms with Crippen LogP contribution in [0.3, 0.4) is 0 Å². The van der Waals surface area contributed by atoms with E-state index in [1.165, 1.54) is 4.88 Å². The highest BCUT2D eigenvalue weighted by atomic mass is 32.1. The fraction of sp³-hybridized carbons (Fsp3) is 0.688. The molecule has 1 heterocycles. The molecule has 1 amide bonds. The second kappa shape index (κ2) is 9.92. The summed E-state index contributed by atoms with van der Waals surface area (Å²) in [6, 6.07) is 4.08. The van der Waals surface area contributed by atoms with Gasteiger partial charge in [-0.25, -0.2) is 0 Å². The van der Waals surface area contributed by atoms with Crippen LogP contribution in [0.5, 0.6) is 0 Å². The quantitative estimate of drug-likeness (QED) is 0.723. The molecule has 0 aromatic carbocycles. The number of carbonyl (C=O) groups excluding carboxylic acids is 1. The highest BCUT2D eigenvalue weighted by Crippen LogP contribution is 2.18. The topological polar surface area (TPSA) is 55.6 Å². The molecule has 0 aliphatic carbocycles. The Hall–Kier alpha value is -0.910. The van der Waals surface area contributed by atoms with Gasteiger partial charge in [-0.05, 0) is 36.2 Å². The second-order valence-corrected chi connectivity index (χ2v) is 6.86. The van der Waals surface area contributed by atoms with E-state index in [4.69, 9.17) is 10.5 Å². The first-order valence-electron chi connectivity index (χ1n) is 7.56. The van der Waals surface area contributed by atoms with Crippen molar-refractivity contribution in [2.45, 2.75) is 33.2 Å². The van der Waals surface area contributed by atoms with Gasteiger partial charge in [-0.15, -0.1) is 11.3 Å². The SMILES string of the molecule is COCCN(Cc1cccs1)C(=O)CC(CN)CC(C)C. The van der Waals surface area contributed by atoms with Crippen LogP contribution in [0.15, 0.2) is 17.5 Å². The smallest absolute Gasteiger partial charge is 0.223 e. The van der Waals surface area contributed by atoms with Gasteiger partial charge in [0.1, 0.15) is 0 Å². The molecule has 0 saturated heterocycles. The number of nitrogens with zero attached hydrogens (tertiary/aromatic N) is 1. The number of hydrogen-bond acceptors (Lipinski definition) is 4. The highest BCUT2D eigenvalue weighted by Gasteiger charge is 2.19. The molecule has 0 saturated carbocycles. The van der Waals surface area contributed by atoms with E-state index in [1.54, 1.807) is 18.4 Å². The Labute approximate surface area is 132 Å². The lowest BCUT2D eigenvalue weighted by Gasteiger charge is -2.25. The number of thiophene rings is 1. The lowest BCUT2D eigenvalue weighted by atomic mass is 9.94. The summed E-state index contributed by atoms with van der Waals surface area (Å²) in [5.74, 6) is 1.01. The maximum atomic E-state index is 12.5. The standard InChI is InChI=1S/C16H28N2O2S/c1-13(2)9-14(11-17)10-16(19)18(6-7-20-3)12-15-5-4-8-21-15/h4-5,8,13-14H,6-7,9-12,17H2,1-3H3. The van der Waals surface area contributed by atoms with Gasteiger partial charge in [0, 0.05) is 25.0 Å². The summed E-state index contributed by atoms with van der Waals surface area (Å²) in [6.07, 6.45) is 1.53. The first kappa shape index (κ1) is 18.1. The van der Waals surface area contributed by atoms with Crippen LogP contribution >= 0.6 is 11.3 Å². The number of ether oxygens (including phenoxy) is 1. The van der Waals surface area contributed by atoms with Crippen LogP contribution in [0.2, 0.25) is 0 Å². The minimum Gasteiger partial charge on any atom is -0.383 e. The minimum absolute atomic E-state index is 0.177. The molecule has 0 radical (unpaired) electrons. The lowest BCUT2D eigenvalue weighted by molar-refractivity contribution is -0.133. The molecule has 1 unspecified atom stereocenters. The van der Waals surface area contributed by atoms with E-state index in [2.05, 4.69) is 19.9 Å². The molecule has 0 fully saturated rings. The number of amides is 1. The van der Waals surface area contributed by atoms with Crippen molar-refractivity contribution in [3.05, 3.63) is 22.4 Å². The fourth-order valence-corrected chi connectivity index (χ4v) is 3.11. The molecule has 1 rings (SSSR count). The van der Waals surface area contributed by atoms with Crippen LogP contribution in [0.4, 0.5) is 0 Å². The molecular weight excluding hydrogens is 284 g/mol. The van der Waals surface area contributed by atoms with Crippen LogP contribution in [0.1, 0.15) is 31.6 Å². The van der Waals surface area contributed by atoms with Crippen molar-refractivity contribution in [3.63, 3.8) is 0 Å². The molecule has 4 nitrogen and oxygen atoms in total. The molecule has 2 N–H and O–H groups in total. The van der Waals surface area contributed by atoms with Gasteiger partial charge in [-0.1, -0.05) is 19.9 Å². The third-order valence-corrected chi connectivity index (χ3v) is 4.31. The van der Waals surface area contributed by atoms with Crippen LogP contribution < -0.4 is 5.73 Å². The summed E-state index contributed by atoms with van der Waals surface area (Å²) >= 11 is 1.68. The molecule has 5 heteroatoms. The van der Waals surface area contributed by atoms with Crippen molar-refractivity contribution in [1.29, 1.82) is 0 Å². The number of hydrogen-bond donors (Lipinski definition) is 1. The average molecular weight is 312 g/mol. The first-order chi connectivity index (χ1) is 10.1. The van der Waals surface area contributed by atoms with Gasteiger partial charge in [0.05, 0.1) is 13.2 Å². The zero-order valence-electron chi connectivity index (χ0n) is 13.4. The van der Waals surface area contributed by atoms with Crippen molar-refractivity contribution in [2.75, 3.05) is 26.8 Å². The fourth-order valence-electron chi connectivity index (χ4n) is 2.39. The molecular formula is C16H28N2O2S. The first-order valence-corrected chi connectivity index (χ1v) is 8.43. The molecule has 0 aliphatic heterocycles. The van der Waals surface area contributed by atoms with Gasteiger partial charge in [0.15, 0.2) is 0 Å². The monoisotopic (exact) mass is 312 g/mol. The molecule has 0 bridgehead atoms. The van der Waals surface area contributed by atoms with Gasteiger partial charge < -0.3 is 15.4 Å². The Morgan fingerprint density at radius 3 is 2.76 bits per heavy atom. The summed E-state index contributed by atoms with van der Waals surface area (Å²) in [5.41, 5.74) is 5.81. The van der Waals surface area contributed by atoms with E-state index in [9.17, 15) is 4.79 Å². The van der Waals surface area contributed by atoms with E-state index < -0.39 is 0 Å². The van der Waals surface area contributed by atoms with Crippen molar-refractivity contribution in [3.8, 4) is 0 Å². The largest absolute Gasteiger partial charge is 0.383 e. The molecule has 0 spiro atoms. The average Bonchev–Trinajstić information content (AvgIpc) is 2.94. The van der Waals surface area contributed by atoms with Crippen molar-refractivity contribution in [1.82, 2.24) is 4.90 Å². The Morgan fingerprint density at radius 1 is 1.48 bits per heavy atom. The molecule has 120 valence electrons. The zero-order valence-corrected chi connectivity index (χ0v) is 14.2. The third kappa shape index (κ3) is 7.07. The number of rotatable bonds is 10. The van der Waals surface area contributed by atoms with Crippen LogP contribution in [-0.2, 0) is 16.1 Å². The molecule has 1 atom stereocenters. The summed E-state index contributed by atoms with van der Waals surface area (Å²) in [4.78, 5) is 15.6. The van der Waals surface area contributed by atoms with Gasteiger partial charge >= 0.3 is 0 Å². The zero-order chi connectivity index (χ0) is 15.7. The summed E-state index contributed by atoms with van der Waals surface area (Å²) in [5, 5.41) is 2.04. The van der Waals surface area contributed by atoms with Crippen molar-refractivity contribution in [2.24, 2.45) is 17.6 Å².